The first-order valence-electron chi connectivity index (χ1n) is 8.76. The van der Waals surface area contributed by atoms with Crippen molar-refractivity contribution in [1.82, 2.24) is 0 Å². The second-order valence-corrected chi connectivity index (χ2v) is 6.49. The summed E-state index contributed by atoms with van der Waals surface area (Å²) < 4.78 is 0. The summed E-state index contributed by atoms with van der Waals surface area (Å²) in [5, 5.41) is 28.0. The van der Waals surface area contributed by atoms with Crippen LogP contribution in [0, 0.1) is 0 Å². The van der Waals surface area contributed by atoms with Gasteiger partial charge < -0.3 is 21.1 Å². The predicted molar refractivity (Wildman–Crippen MR) is 88.2 cm³/mol. The Morgan fingerprint density at radius 3 is 1.81 bits per heavy atom. The summed E-state index contributed by atoms with van der Waals surface area (Å²) in [6, 6.07) is 0. The van der Waals surface area contributed by atoms with Crippen molar-refractivity contribution in [2.45, 2.75) is 95.6 Å². The van der Waals surface area contributed by atoms with E-state index in [0.717, 1.165) is 51.4 Å². The molecule has 0 heterocycles. The van der Waals surface area contributed by atoms with Gasteiger partial charge in [-0.05, 0) is 19.3 Å². The fourth-order valence-electron chi connectivity index (χ4n) is 2.55. The number of unbranched alkanes of at least 4 members (excludes halogenated alkanes) is 7. The molecule has 0 saturated carbocycles. The van der Waals surface area contributed by atoms with E-state index in [1.807, 2.05) is 0 Å². The van der Waals surface area contributed by atoms with Crippen LogP contribution in [0.5, 0.6) is 0 Å². The van der Waals surface area contributed by atoms with E-state index in [1.165, 1.54) is 19.3 Å². The van der Waals surface area contributed by atoms with Crippen molar-refractivity contribution in [2.75, 3.05) is 13.2 Å². The minimum atomic E-state index is -0.811. The Hall–Kier alpha value is -0.160. The smallest absolute Gasteiger partial charge is 0.0633 e. The van der Waals surface area contributed by atoms with Crippen LogP contribution in [0.25, 0.3) is 0 Å². The van der Waals surface area contributed by atoms with Crippen molar-refractivity contribution in [3.05, 3.63) is 0 Å². The van der Waals surface area contributed by atoms with E-state index in [9.17, 15) is 5.11 Å². The largest absolute Gasteiger partial charge is 0.394 e. The normalized spacial score (nSPS) is 13.6. The number of aliphatic hydroxyl groups is 3. The monoisotopic (exact) mass is 303 g/mol. The molecular formula is C17H37NO3. The quantitative estimate of drug-likeness (QED) is 0.350. The number of hydrogen-bond acceptors (Lipinski definition) is 4. The van der Waals surface area contributed by atoms with Gasteiger partial charge in [0.1, 0.15) is 0 Å². The van der Waals surface area contributed by atoms with Crippen LogP contribution in [0.3, 0.4) is 0 Å². The van der Waals surface area contributed by atoms with E-state index in [1.54, 1.807) is 0 Å². The Kier molecular flexibility index (Phi) is 13.4. The summed E-state index contributed by atoms with van der Waals surface area (Å²) in [5.74, 6) is 0. The molecule has 0 bridgehead atoms. The first kappa shape index (κ1) is 20.8. The van der Waals surface area contributed by atoms with Crippen molar-refractivity contribution in [1.29, 1.82) is 0 Å². The van der Waals surface area contributed by atoms with Gasteiger partial charge >= 0.3 is 0 Å². The highest BCUT2D eigenvalue weighted by Gasteiger charge is 2.21. The van der Waals surface area contributed by atoms with Gasteiger partial charge in [-0.2, -0.15) is 0 Å². The van der Waals surface area contributed by atoms with Gasteiger partial charge in [0.2, 0.25) is 0 Å². The third-order valence-corrected chi connectivity index (χ3v) is 4.23. The van der Waals surface area contributed by atoms with Crippen LogP contribution < -0.4 is 5.73 Å². The van der Waals surface area contributed by atoms with Gasteiger partial charge in [-0.15, -0.1) is 0 Å². The second kappa shape index (κ2) is 13.5. The van der Waals surface area contributed by atoms with Crippen molar-refractivity contribution < 1.29 is 15.3 Å². The standard InChI is InChI=1S/C17H37NO3/c1-2-3-4-8-11-16(21)12-9-6-5-7-10-13-17(18,14-19)15-20/h16,19-21H,2-15,18H2,1H3. The summed E-state index contributed by atoms with van der Waals surface area (Å²) >= 11 is 0. The zero-order valence-corrected chi connectivity index (χ0v) is 13.9. The number of aliphatic hydroxyl groups excluding tert-OH is 3. The van der Waals surface area contributed by atoms with E-state index in [4.69, 9.17) is 15.9 Å². The Morgan fingerprint density at radius 2 is 1.29 bits per heavy atom. The third kappa shape index (κ3) is 12.1. The van der Waals surface area contributed by atoms with E-state index >= 15 is 0 Å². The third-order valence-electron chi connectivity index (χ3n) is 4.23. The van der Waals surface area contributed by atoms with E-state index in [2.05, 4.69) is 6.92 Å². The fourth-order valence-corrected chi connectivity index (χ4v) is 2.55. The molecule has 4 heteroatoms. The van der Waals surface area contributed by atoms with Gasteiger partial charge in [-0.1, -0.05) is 64.7 Å². The minimum absolute atomic E-state index is 0.123. The molecule has 1 atom stereocenters. The predicted octanol–water partition coefficient (Wildman–Crippen LogP) is 2.73. The van der Waals surface area contributed by atoms with Crippen LogP contribution in [-0.4, -0.2) is 40.2 Å². The molecule has 5 N–H and O–H groups in total. The molecule has 0 spiro atoms. The van der Waals surface area contributed by atoms with Gasteiger partial charge in [-0.25, -0.2) is 0 Å². The molecule has 128 valence electrons. The number of nitrogens with two attached hydrogens (primary N) is 1. The zero-order valence-electron chi connectivity index (χ0n) is 13.9. The van der Waals surface area contributed by atoms with Crippen LogP contribution in [0.1, 0.15) is 84.0 Å². The molecule has 0 fully saturated rings. The van der Waals surface area contributed by atoms with Gasteiger partial charge in [0.05, 0.1) is 24.9 Å². The highest BCUT2D eigenvalue weighted by atomic mass is 16.3. The van der Waals surface area contributed by atoms with Crippen LogP contribution in [0.2, 0.25) is 0 Å². The molecule has 0 aliphatic heterocycles. The number of hydrogen-bond donors (Lipinski definition) is 4. The Balaban J connectivity index is 3.35. The first-order chi connectivity index (χ1) is 10.1. The Morgan fingerprint density at radius 1 is 0.810 bits per heavy atom. The maximum atomic E-state index is 9.85. The van der Waals surface area contributed by atoms with Crippen molar-refractivity contribution in [3.63, 3.8) is 0 Å². The molecule has 0 rings (SSSR count). The zero-order chi connectivity index (χ0) is 16.0. The minimum Gasteiger partial charge on any atom is -0.394 e. The SMILES string of the molecule is CCCCCCC(O)CCCCCCCC(N)(CO)CO. The van der Waals surface area contributed by atoms with E-state index < -0.39 is 5.54 Å². The molecule has 0 aromatic heterocycles. The molecule has 0 amide bonds. The van der Waals surface area contributed by atoms with Crippen LogP contribution in [0.4, 0.5) is 0 Å². The Labute approximate surface area is 130 Å². The second-order valence-electron chi connectivity index (χ2n) is 6.49. The molecule has 0 aromatic rings. The highest BCUT2D eigenvalue weighted by molar-refractivity contribution is 4.81. The lowest BCUT2D eigenvalue weighted by molar-refractivity contribution is 0.112. The van der Waals surface area contributed by atoms with Crippen molar-refractivity contribution in [2.24, 2.45) is 5.73 Å². The summed E-state index contributed by atoms with van der Waals surface area (Å²) in [6.07, 6.45) is 12.7. The maximum Gasteiger partial charge on any atom is 0.0633 e. The van der Waals surface area contributed by atoms with Gasteiger partial charge in [0.25, 0.3) is 0 Å². The molecule has 0 saturated heterocycles. The van der Waals surface area contributed by atoms with Crippen LogP contribution in [0.15, 0.2) is 0 Å². The van der Waals surface area contributed by atoms with E-state index in [-0.39, 0.29) is 19.3 Å². The summed E-state index contributed by atoms with van der Waals surface area (Å²) in [6.45, 7) is 1.88. The van der Waals surface area contributed by atoms with Gasteiger partial charge in [0.15, 0.2) is 0 Å². The molecule has 0 aromatic carbocycles. The molecule has 4 nitrogen and oxygen atoms in total. The highest BCUT2D eigenvalue weighted by Crippen LogP contribution is 2.15. The molecule has 21 heavy (non-hydrogen) atoms. The summed E-state index contributed by atoms with van der Waals surface area (Å²) in [7, 11) is 0. The van der Waals surface area contributed by atoms with Crippen molar-refractivity contribution in [3.8, 4) is 0 Å². The molecule has 0 aliphatic carbocycles. The van der Waals surface area contributed by atoms with E-state index in [0.29, 0.717) is 6.42 Å². The molecular weight excluding hydrogens is 266 g/mol. The molecule has 0 radical (unpaired) electrons. The van der Waals surface area contributed by atoms with Crippen molar-refractivity contribution >= 4 is 0 Å². The lowest BCUT2D eigenvalue weighted by Gasteiger charge is -2.24. The topological polar surface area (TPSA) is 86.7 Å². The lowest BCUT2D eigenvalue weighted by Crippen LogP contribution is -2.47. The lowest BCUT2D eigenvalue weighted by atomic mass is 9.94. The van der Waals surface area contributed by atoms with Crippen LogP contribution >= 0.6 is 0 Å². The Bertz CT molecular complexity index is 220. The average molecular weight is 303 g/mol. The maximum absolute atomic E-state index is 9.85. The van der Waals surface area contributed by atoms with Gasteiger partial charge in [0, 0.05) is 0 Å². The fraction of sp³-hybridized carbons (Fsp3) is 1.00. The van der Waals surface area contributed by atoms with Crippen LogP contribution in [-0.2, 0) is 0 Å². The van der Waals surface area contributed by atoms with Gasteiger partial charge in [-0.3, -0.25) is 0 Å². The molecule has 1 unspecified atom stereocenters. The summed E-state index contributed by atoms with van der Waals surface area (Å²) in [4.78, 5) is 0. The number of rotatable bonds is 15. The first-order valence-corrected chi connectivity index (χ1v) is 8.76. The summed E-state index contributed by atoms with van der Waals surface area (Å²) in [5.41, 5.74) is 5.00. The average Bonchev–Trinajstić information content (AvgIpc) is 2.50. The molecule has 0 aliphatic rings.